The summed E-state index contributed by atoms with van der Waals surface area (Å²) in [5.74, 6) is -2.79. The number of carbonyl (C=O) groups is 4. The van der Waals surface area contributed by atoms with Crippen LogP contribution in [0.1, 0.15) is 47.0 Å². The minimum absolute atomic E-state index is 0. The molecule has 36 heavy (non-hydrogen) atoms. The van der Waals surface area contributed by atoms with Crippen LogP contribution in [-0.2, 0) is 4.84 Å². The molecule has 0 aliphatic heterocycles. The molecule has 0 aromatic heterocycles. The molecule has 0 spiro atoms. The normalized spacial score (nSPS) is 10.6. The van der Waals surface area contributed by atoms with Gasteiger partial charge < -0.3 is 4.84 Å². The van der Waals surface area contributed by atoms with Crippen molar-refractivity contribution >= 4 is 54.9 Å². The predicted molar refractivity (Wildman–Crippen MR) is 136 cm³/mol. The first-order valence-electron chi connectivity index (χ1n) is 10.7. The molecule has 0 saturated heterocycles. The summed E-state index contributed by atoms with van der Waals surface area (Å²) >= 11 is 0. The van der Waals surface area contributed by atoms with E-state index in [-0.39, 0.29) is 53.9 Å². The molecular weight excluding hydrogens is 557 g/mol. The van der Waals surface area contributed by atoms with Crippen molar-refractivity contribution in [2.45, 2.75) is 0 Å². The summed E-state index contributed by atoms with van der Waals surface area (Å²) in [6, 6.07) is 30.7. The second kappa shape index (κ2) is 12.6. The molecule has 173 valence electrons. The van der Waals surface area contributed by atoms with E-state index in [9.17, 15) is 19.2 Å². The largest absolute Gasteiger partial charge is 0.365 e. The second-order valence-electron chi connectivity index (χ2n) is 7.45. The van der Waals surface area contributed by atoms with Crippen molar-refractivity contribution in [3.05, 3.63) is 143 Å². The number of Topliss-reactive ketones (excluding diaryl/α,β-unsaturated/α-hetero) is 2. The first-order chi connectivity index (χ1) is 17.1. The predicted octanol–water partition coefficient (Wildman–Crippen LogP) is 4.82. The number of oxime groups is 1. The molecule has 3 radical (unpaired) electrons. The van der Waals surface area contributed by atoms with Crippen molar-refractivity contribution in [1.82, 2.24) is 0 Å². The number of carbonyl (C=O) groups excluding carboxylic acids is 4. The van der Waals surface area contributed by atoms with Crippen LogP contribution >= 0.6 is 0 Å². The third kappa shape index (κ3) is 6.12. The Morgan fingerprint density at radius 1 is 0.500 bits per heavy atom. The van der Waals surface area contributed by atoms with Crippen LogP contribution in [0.15, 0.2) is 120 Å². The van der Waals surface area contributed by atoms with E-state index in [0.717, 1.165) is 0 Å². The summed E-state index contributed by atoms with van der Waals surface area (Å²) in [7, 11) is 0. The zero-order valence-electron chi connectivity index (χ0n) is 19.0. The summed E-state index contributed by atoms with van der Waals surface area (Å²) in [4.78, 5) is 57.3. The third-order valence-corrected chi connectivity index (χ3v) is 5.15. The van der Waals surface area contributed by atoms with Crippen LogP contribution in [0.2, 0.25) is 0 Å². The van der Waals surface area contributed by atoms with Crippen molar-refractivity contribution in [2.75, 3.05) is 0 Å². The summed E-state index contributed by atoms with van der Waals surface area (Å²) in [5, 5.41) is 3.68. The number of benzene rings is 4. The Hall–Kier alpha value is -4.10. The monoisotopic (exact) mass is 576 g/mol. The number of hydrogen-bond donors (Lipinski definition) is 0. The summed E-state index contributed by atoms with van der Waals surface area (Å²) in [6.45, 7) is 0. The molecule has 4 rings (SSSR count). The second-order valence-corrected chi connectivity index (χ2v) is 7.45. The van der Waals surface area contributed by atoms with E-state index in [4.69, 9.17) is 4.84 Å². The first kappa shape index (κ1) is 26.5. The van der Waals surface area contributed by atoms with Gasteiger partial charge in [0.15, 0.2) is 11.5 Å². The Bertz CT molecular complexity index is 1420. The first-order valence-corrected chi connectivity index (χ1v) is 10.7. The standard InChI is InChI=1S/C29H19NO5.In/c31-26(20-12-4-1-5-13-20)23-18-10-11-19-24(23)28(33)25(27(32)21-14-6-2-7-15-21)30-35-29(34)22-16-8-3-9-17-22;/h1-19H;. The maximum Gasteiger partial charge on any atom is 0.365 e. The van der Waals surface area contributed by atoms with Gasteiger partial charge in [0, 0.05) is 48.1 Å². The number of hydrogen-bond acceptors (Lipinski definition) is 6. The van der Waals surface area contributed by atoms with Gasteiger partial charge in [0.25, 0.3) is 0 Å². The van der Waals surface area contributed by atoms with Gasteiger partial charge in [-0.2, -0.15) is 0 Å². The fourth-order valence-corrected chi connectivity index (χ4v) is 3.38. The van der Waals surface area contributed by atoms with Gasteiger partial charge in [-0.15, -0.1) is 0 Å². The van der Waals surface area contributed by atoms with Crippen molar-refractivity contribution in [1.29, 1.82) is 0 Å². The third-order valence-electron chi connectivity index (χ3n) is 5.15. The average Bonchev–Trinajstić information content (AvgIpc) is 2.93. The van der Waals surface area contributed by atoms with Crippen LogP contribution in [0.25, 0.3) is 0 Å². The van der Waals surface area contributed by atoms with E-state index in [1.807, 2.05) is 0 Å². The SMILES string of the molecule is O=C(ON=C(C(=O)c1ccccc1)C(=O)c1ccccc1C(=O)c1ccccc1)c1ccccc1.[In]. The van der Waals surface area contributed by atoms with Gasteiger partial charge >= 0.3 is 5.97 Å². The molecule has 0 atom stereocenters. The molecule has 0 aliphatic carbocycles. The fraction of sp³-hybridized carbons (Fsp3) is 0. The minimum Gasteiger partial charge on any atom is -0.312 e. The Morgan fingerprint density at radius 3 is 1.50 bits per heavy atom. The van der Waals surface area contributed by atoms with Gasteiger partial charge in [-0.05, 0) is 12.1 Å². The molecule has 0 heterocycles. The number of ketones is 3. The molecule has 0 amide bonds. The van der Waals surface area contributed by atoms with E-state index in [1.165, 1.54) is 36.4 Å². The van der Waals surface area contributed by atoms with Crippen molar-refractivity contribution < 1.29 is 24.0 Å². The maximum atomic E-state index is 13.6. The van der Waals surface area contributed by atoms with Crippen LogP contribution in [0.3, 0.4) is 0 Å². The fourth-order valence-electron chi connectivity index (χ4n) is 3.38. The number of rotatable bonds is 8. The van der Waals surface area contributed by atoms with Crippen molar-refractivity contribution in [3.8, 4) is 0 Å². The van der Waals surface area contributed by atoms with Gasteiger partial charge in [0.2, 0.25) is 11.6 Å². The van der Waals surface area contributed by atoms with Crippen LogP contribution in [0.5, 0.6) is 0 Å². The molecule has 4 aromatic rings. The van der Waals surface area contributed by atoms with E-state index in [0.29, 0.717) is 5.56 Å². The van der Waals surface area contributed by atoms with Gasteiger partial charge in [-0.1, -0.05) is 108 Å². The average molecular weight is 576 g/mol. The molecule has 0 saturated carbocycles. The molecule has 4 aromatic carbocycles. The Morgan fingerprint density at radius 2 is 0.944 bits per heavy atom. The summed E-state index contributed by atoms with van der Waals surface area (Å²) < 4.78 is 0. The van der Waals surface area contributed by atoms with E-state index >= 15 is 0 Å². The van der Waals surface area contributed by atoms with Crippen LogP contribution in [0, 0.1) is 0 Å². The smallest absolute Gasteiger partial charge is 0.312 e. The topological polar surface area (TPSA) is 89.9 Å². The molecular formula is C29H19InNO5. The number of nitrogens with zero attached hydrogens (tertiary/aromatic N) is 1. The maximum absolute atomic E-state index is 13.6. The molecule has 0 bridgehead atoms. The van der Waals surface area contributed by atoms with Gasteiger partial charge in [-0.25, -0.2) is 4.79 Å². The van der Waals surface area contributed by atoms with Crippen molar-refractivity contribution in [2.24, 2.45) is 5.16 Å². The zero-order valence-corrected chi connectivity index (χ0v) is 22.3. The molecule has 6 nitrogen and oxygen atoms in total. The Kier molecular flexibility index (Phi) is 9.25. The quantitative estimate of drug-likeness (QED) is 0.0988. The van der Waals surface area contributed by atoms with E-state index in [2.05, 4.69) is 5.16 Å². The Balaban J connectivity index is 0.00000361. The van der Waals surface area contributed by atoms with Gasteiger partial charge in [0.05, 0.1) is 5.56 Å². The zero-order chi connectivity index (χ0) is 24.6. The molecule has 0 fully saturated rings. The van der Waals surface area contributed by atoms with Crippen LogP contribution in [0.4, 0.5) is 0 Å². The molecule has 0 aliphatic rings. The summed E-state index contributed by atoms with van der Waals surface area (Å²) in [6.07, 6.45) is 0. The minimum atomic E-state index is -0.834. The summed E-state index contributed by atoms with van der Waals surface area (Å²) in [5.41, 5.74) is 0.230. The van der Waals surface area contributed by atoms with E-state index in [1.54, 1.807) is 78.9 Å². The van der Waals surface area contributed by atoms with Crippen LogP contribution in [-0.4, -0.2) is 54.9 Å². The Labute approximate surface area is 226 Å². The van der Waals surface area contributed by atoms with Gasteiger partial charge in [-0.3, -0.25) is 14.4 Å². The van der Waals surface area contributed by atoms with E-state index < -0.39 is 23.2 Å². The van der Waals surface area contributed by atoms with Gasteiger partial charge in [0.1, 0.15) is 0 Å². The van der Waals surface area contributed by atoms with Crippen molar-refractivity contribution in [3.63, 3.8) is 0 Å². The molecule has 0 unspecified atom stereocenters. The van der Waals surface area contributed by atoms with Crippen LogP contribution < -0.4 is 0 Å². The molecule has 7 heteroatoms. The molecule has 0 N–H and O–H groups in total.